The predicted octanol–water partition coefficient (Wildman–Crippen LogP) is 2.52. The third-order valence-corrected chi connectivity index (χ3v) is 2.89. The summed E-state index contributed by atoms with van der Waals surface area (Å²) in [5, 5.41) is 3.16. The molecule has 0 aromatic heterocycles. The fraction of sp³-hybridized carbons (Fsp3) is 0.538. The highest BCUT2D eigenvalue weighted by Gasteiger charge is 2.18. The predicted molar refractivity (Wildman–Crippen MR) is 65.8 cm³/mol. The molecule has 1 rings (SSSR count). The van der Waals surface area contributed by atoms with Crippen molar-refractivity contribution in [2.75, 3.05) is 21.3 Å². The van der Waals surface area contributed by atoms with Gasteiger partial charge in [-0.2, -0.15) is 0 Å². The third kappa shape index (κ3) is 3.68. The molecular formula is C13H20FNO2. The van der Waals surface area contributed by atoms with E-state index in [4.69, 9.17) is 9.47 Å². The molecule has 0 heterocycles. The molecule has 0 aliphatic carbocycles. The van der Waals surface area contributed by atoms with E-state index in [1.54, 1.807) is 20.3 Å². The SMILES string of the molecule is CNC(CC(C)OC)c1cc(F)ccc1OC. The molecule has 2 atom stereocenters. The summed E-state index contributed by atoms with van der Waals surface area (Å²) in [5.41, 5.74) is 0.818. The minimum absolute atomic E-state index is 0.00981. The second-order valence-corrected chi connectivity index (χ2v) is 4.01. The van der Waals surface area contributed by atoms with E-state index in [2.05, 4.69) is 5.32 Å². The molecule has 0 saturated carbocycles. The van der Waals surface area contributed by atoms with Gasteiger partial charge < -0.3 is 14.8 Å². The average Bonchev–Trinajstić information content (AvgIpc) is 2.35. The Balaban J connectivity index is 2.97. The first-order valence-electron chi connectivity index (χ1n) is 5.65. The van der Waals surface area contributed by atoms with Crippen molar-refractivity contribution in [2.45, 2.75) is 25.5 Å². The maximum Gasteiger partial charge on any atom is 0.123 e. The lowest BCUT2D eigenvalue weighted by molar-refractivity contribution is 0.101. The molecule has 0 bridgehead atoms. The number of benzene rings is 1. The van der Waals surface area contributed by atoms with Crippen molar-refractivity contribution in [3.05, 3.63) is 29.6 Å². The van der Waals surface area contributed by atoms with Crippen LogP contribution in [0.3, 0.4) is 0 Å². The number of rotatable bonds is 6. The van der Waals surface area contributed by atoms with Crippen molar-refractivity contribution in [3.63, 3.8) is 0 Å². The number of methoxy groups -OCH3 is 2. The minimum Gasteiger partial charge on any atom is -0.496 e. The Kier molecular flexibility index (Phi) is 5.38. The molecule has 0 amide bonds. The highest BCUT2D eigenvalue weighted by Crippen LogP contribution is 2.29. The van der Waals surface area contributed by atoms with Crippen molar-refractivity contribution in [3.8, 4) is 5.75 Å². The first-order chi connectivity index (χ1) is 8.12. The molecule has 1 aromatic rings. The lowest BCUT2D eigenvalue weighted by atomic mass is 10.00. The summed E-state index contributed by atoms with van der Waals surface area (Å²) >= 11 is 0. The summed E-state index contributed by atoms with van der Waals surface area (Å²) in [4.78, 5) is 0. The van der Waals surface area contributed by atoms with Gasteiger partial charge in [-0.15, -0.1) is 0 Å². The van der Waals surface area contributed by atoms with E-state index in [1.165, 1.54) is 12.1 Å². The topological polar surface area (TPSA) is 30.5 Å². The van der Waals surface area contributed by atoms with Crippen LogP contribution >= 0.6 is 0 Å². The Hall–Kier alpha value is -1.13. The van der Waals surface area contributed by atoms with Crippen LogP contribution in [0.1, 0.15) is 24.9 Å². The zero-order valence-corrected chi connectivity index (χ0v) is 10.8. The van der Waals surface area contributed by atoms with Gasteiger partial charge in [0.1, 0.15) is 11.6 Å². The maximum absolute atomic E-state index is 13.3. The minimum atomic E-state index is -0.258. The second kappa shape index (κ2) is 6.57. The van der Waals surface area contributed by atoms with Gasteiger partial charge in [0.15, 0.2) is 0 Å². The van der Waals surface area contributed by atoms with Crippen molar-refractivity contribution in [1.82, 2.24) is 5.32 Å². The molecule has 0 fully saturated rings. The zero-order chi connectivity index (χ0) is 12.8. The van der Waals surface area contributed by atoms with Gasteiger partial charge in [0.05, 0.1) is 13.2 Å². The Morgan fingerprint density at radius 3 is 2.59 bits per heavy atom. The molecule has 96 valence electrons. The second-order valence-electron chi connectivity index (χ2n) is 4.01. The van der Waals surface area contributed by atoms with Crippen molar-refractivity contribution in [2.24, 2.45) is 0 Å². The van der Waals surface area contributed by atoms with Crippen LogP contribution in [0.4, 0.5) is 4.39 Å². The Morgan fingerprint density at radius 2 is 2.06 bits per heavy atom. The average molecular weight is 241 g/mol. The first kappa shape index (κ1) is 13.9. The summed E-state index contributed by atoms with van der Waals surface area (Å²) in [5.74, 6) is 0.431. The van der Waals surface area contributed by atoms with E-state index in [-0.39, 0.29) is 18.0 Å². The van der Waals surface area contributed by atoms with E-state index in [0.29, 0.717) is 5.75 Å². The molecule has 0 spiro atoms. The quantitative estimate of drug-likeness (QED) is 0.830. The summed E-state index contributed by atoms with van der Waals surface area (Å²) in [7, 11) is 5.10. The molecular weight excluding hydrogens is 221 g/mol. The van der Waals surface area contributed by atoms with E-state index in [1.807, 2.05) is 14.0 Å². The standard InChI is InChI=1S/C13H20FNO2/c1-9(16-3)7-12(15-2)11-8-10(14)5-6-13(11)17-4/h5-6,8-9,12,15H,7H2,1-4H3. The number of halogens is 1. The summed E-state index contributed by atoms with van der Waals surface area (Å²) in [6, 6.07) is 4.56. The van der Waals surface area contributed by atoms with Crippen LogP contribution in [-0.2, 0) is 4.74 Å². The summed E-state index contributed by atoms with van der Waals surface area (Å²) in [6.45, 7) is 1.98. The number of ether oxygens (including phenoxy) is 2. The fourth-order valence-electron chi connectivity index (χ4n) is 1.81. The highest BCUT2D eigenvalue weighted by molar-refractivity contribution is 5.36. The van der Waals surface area contributed by atoms with E-state index >= 15 is 0 Å². The van der Waals surface area contributed by atoms with Crippen LogP contribution in [0.25, 0.3) is 0 Å². The van der Waals surface area contributed by atoms with Gasteiger partial charge in [0.2, 0.25) is 0 Å². The van der Waals surface area contributed by atoms with Gasteiger partial charge >= 0.3 is 0 Å². The van der Waals surface area contributed by atoms with Gasteiger partial charge in [-0.25, -0.2) is 4.39 Å². The van der Waals surface area contributed by atoms with Crippen LogP contribution in [0.5, 0.6) is 5.75 Å². The molecule has 4 heteroatoms. The summed E-state index contributed by atoms with van der Waals surface area (Å²) in [6.07, 6.45) is 0.854. The molecule has 0 radical (unpaired) electrons. The van der Waals surface area contributed by atoms with Crippen LogP contribution in [0.15, 0.2) is 18.2 Å². The molecule has 1 N–H and O–H groups in total. The van der Waals surface area contributed by atoms with Crippen LogP contribution in [0, 0.1) is 5.82 Å². The number of hydrogen-bond acceptors (Lipinski definition) is 3. The Bertz CT molecular complexity index is 357. The van der Waals surface area contributed by atoms with Gasteiger partial charge in [-0.3, -0.25) is 0 Å². The van der Waals surface area contributed by atoms with Gasteiger partial charge in [-0.1, -0.05) is 0 Å². The molecule has 3 nitrogen and oxygen atoms in total. The third-order valence-electron chi connectivity index (χ3n) is 2.89. The first-order valence-corrected chi connectivity index (χ1v) is 5.65. The van der Waals surface area contributed by atoms with Crippen molar-refractivity contribution in [1.29, 1.82) is 0 Å². The van der Waals surface area contributed by atoms with Crippen LogP contribution in [0.2, 0.25) is 0 Å². The van der Waals surface area contributed by atoms with Crippen molar-refractivity contribution < 1.29 is 13.9 Å². The van der Waals surface area contributed by atoms with E-state index < -0.39 is 0 Å². The molecule has 0 aliphatic heterocycles. The fourth-order valence-corrected chi connectivity index (χ4v) is 1.81. The largest absolute Gasteiger partial charge is 0.496 e. The molecule has 0 aliphatic rings. The summed E-state index contributed by atoms with van der Waals surface area (Å²) < 4.78 is 23.8. The smallest absolute Gasteiger partial charge is 0.123 e. The highest BCUT2D eigenvalue weighted by atomic mass is 19.1. The van der Waals surface area contributed by atoms with Gasteiger partial charge in [0, 0.05) is 18.7 Å². The van der Waals surface area contributed by atoms with Crippen LogP contribution < -0.4 is 10.1 Å². The normalized spacial score (nSPS) is 14.4. The Labute approximate surface area is 102 Å². The molecule has 0 saturated heterocycles. The van der Waals surface area contributed by atoms with E-state index in [9.17, 15) is 4.39 Å². The lowest BCUT2D eigenvalue weighted by Gasteiger charge is -2.22. The van der Waals surface area contributed by atoms with Crippen LogP contribution in [-0.4, -0.2) is 27.4 Å². The maximum atomic E-state index is 13.3. The molecule has 1 aromatic carbocycles. The Morgan fingerprint density at radius 1 is 1.35 bits per heavy atom. The van der Waals surface area contributed by atoms with E-state index in [0.717, 1.165) is 12.0 Å². The molecule has 17 heavy (non-hydrogen) atoms. The zero-order valence-electron chi connectivity index (χ0n) is 10.8. The molecule has 2 unspecified atom stereocenters. The van der Waals surface area contributed by atoms with Gasteiger partial charge in [-0.05, 0) is 38.6 Å². The lowest BCUT2D eigenvalue weighted by Crippen LogP contribution is -2.22. The van der Waals surface area contributed by atoms with Gasteiger partial charge in [0.25, 0.3) is 0 Å². The monoisotopic (exact) mass is 241 g/mol. The number of hydrogen-bond donors (Lipinski definition) is 1. The van der Waals surface area contributed by atoms with Crippen molar-refractivity contribution >= 4 is 0 Å². The number of nitrogens with one attached hydrogen (secondary N) is 1.